The number of carbonyl (C=O) groups excluding carboxylic acids is 2. The van der Waals surface area contributed by atoms with Gasteiger partial charge >= 0.3 is 0 Å². The summed E-state index contributed by atoms with van der Waals surface area (Å²) in [5, 5.41) is 3.03. The Kier molecular flexibility index (Phi) is 7.76. The standard InChI is InChI=1S/C19H21ClN2O5/c1-2-25-14-4-6-15(7-5-14)26-10-9-22-18(23)12-27-17-11-13(20)3-8-16(17)19(21)24/h3-8,11H,2,9-10,12H2,1H3,(H2,21,24)(H,22,23). The summed E-state index contributed by atoms with van der Waals surface area (Å²) < 4.78 is 16.2. The van der Waals surface area contributed by atoms with Gasteiger partial charge in [-0.15, -0.1) is 0 Å². The summed E-state index contributed by atoms with van der Waals surface area (Å²) in [7, 11) is 0. The average Bonchev–Trinajstić information content (AvgIpc) is 2.65. The molecule has 3 N–H and O–H groups in total. The third kappa shape index (κ3) is 6.71. The molecule has 0 aromatic heterocycles. The zero-order valence-corrected chi connectivity index (χ0v) is 15.6. The predicted molar refractivity (Wildman–Crippen MR) is 102 cm³/mol. The van der Waals surface area contributed by atoms with Gasteiger partial charge in [0.2, 0.25) is 0 Å². The molecule has 8 heteroatoms. The number of benzene rings is 2. The predicted octanol–water partition coefficient (Wildman–Crippen LogP) is 2.41. The van der Waals surface area contributed by atoms with Crippen molar-refractivity contribution in [1.29, 1.82) is 0 Å². The molecule has 2 amide bonds. The van der Waals surface area contributed by atoms with Crippen molar-refractivity contribution in [2.75, 3.05) is 26.4 Å². The van der Waals surface area contributed by atoms with Gasteiger partial charge in [-0.25, -0.2) is 0 Å². The molecule has 0 bridgehead atoms. The topological polar surface area (TPSA) is 99.9 Å². The molecule has 0 aliphatic rings. The van der Waals surface area contributed by atoms with Gasteiger partial charge in [0.05, 0.1) is 18.7 Å². The number of halogens is 1. The van der Waals surface area contributed by atoms with E-state index in [0.29, 0.717) is 30.5 Å². The maximum absolute atomic E-state index is 11.9. The van der Waals surface area contributed by atoms with Gasteiger partial charge in [0, 0.05) is 5.02 Å². The van der Waals surface area contributed by atoms with Crippen LogP contribution >= 0.6 is 11.6 Å². The van der Waals surface area contributed by atoms with Gasteiger partial charge in [0.15, 0.2) is 6.61 Å². The lowest BCUT2D eigenvalue weighted by Crippen LogP contribution is -2.32. The second-order valence-electron chi connectivity index (χ2n) is 5.40. The number of amides is 2. The van der Waals surface area contributed by atoms with E-state index in [0.717, 1.165) is 5.75 Å². The Morgan fingerprint density at radius 2 is 1.70 bits per heavy atom. The van der Waals surface area contributed by atoms with Crippen LogP contribution in [0.2, 0.25) is 5.02 Å². The van der Waals surface area contributed by atoms with Crippen LogP contribution in [0.3, 0.4) is 0 Å². The van der Waals surface area contributed by atoms with Gasteiger partial charge in [-0.05, 0) is 49.4 Å². The molecule has 144 valence electrons. The monoisotopic (exact) mass is 392 g/mol. The van der Waals surface area contributed by atoms with Crippen molar-refractivity contribution < 1.29 is 23.8 Å². The maximum Gasteiger partial charge on any atom is 0.258 e. The Morgan fingerprint density at radius 3 is 2.33 bits per heavy atom. The van der Waals surface area contributed by atoms with Crippen LogP contribution in [0.5, 0.6) is 17.2 Å². The number of rotatable bonds is 10. The fraction of sp³-hybridized carbons (Fsp3) is 0.263. The van der Waals surface area contributed by atoms with Crippen LogP contribution in [-0.4, -0.2) is 38.2 Å². The molecule has 7 nitrogen and oxygen atoms in total. The molecular weight excluding hydrogens is 372 g/mol. The summed E-state index contributed by atoms with van der Waals surface area (Å²) in [5.74, 6) is 0.586. The summed E-state index contributed by atoms with van der Waals surface area (Å²) in [4.78, 5) is 23.2. The average molecular weight is 393 g/mol. The highest BCUT2D eigenvalue weighted by Crippen LogP contribution is 2.23. The Balaban J connectivity index is 1.72. The van der Waals surface area contributed by atoms with Crippen LogP contribution in [0.4, 0.5) is 0 Å². The van der Waals surface area contributed by atoms with Crippen LogP contribution in [0.15, 0.2) is 42.5 Å². The smallest absolute Gasteiger partial charge is 0.258 e. The summed E-state index contributed by atoms with van der Waals surface area (Å²) in [6.45, 7) is 2.84. The van der Waals surface area contributed by atoms with E-state index in [9.17, 15) is 9.59 Å². The molecule has 0 atom stereocenters. The van der Waals surface area contributed by atoms with E-state index in [1.54, 1.807) is 12.1 Å². The molecule has 0 spiro atoms. The molecule has 0 heterocycles. The Bertz CT molecular complexity index is 780. The molecule has 0 fully saturated rings. The van der Waals surface area contributed by atoms with E-state index in [1.165, 1.54) is 18.2 Å². The number of hydrogen-bond donors (Lipinski definition) is 2. The number of hydrogen-bond acceptors (Lipinski definition) is 5. The molecule has 0 saturated heterocycles. The quantitative estimate of drug-likeness (QED) is 0.605. The lowest BCUT2D eigenvalue weighted by atomic mass is 10.2. The summed E-state index contributed by atoms with van der Waals surface area (Å²) in [6.07, 6.45) is 0. The molecule has 0 radical (unpaired) electrons. The minimum Gasteiger partial charge on any atom is -0.494 e. The van der Waals surface area contributed by atoms with Crippen LogP contribution < -0.4 is 25.3 Å². The van der Waals surface area contributed by atoms with E-state index in [1.807, 2.05) is 19.1 Å². The third-order valence-electron chi connectivity index (χ3n) is 3.40. The fourth-order valence-corrected chi connectivity index (χ4v) is 2.33. The van der Waals surface area contributed by atoms with E-state index < -0.39 is 5.91 Å². The van der Waals surface area contributed by atoms with Crippen LogP contribution in [0, 0.1) is 0 Å². The molecule has 2 rings (SSSR count). The second kappa shape index (κ2) is 10.3. The van der Waals surface area contributed by atoms with E-state index in [2.05, 4.69) is 5.32 Å². The summed E-state index contributed by atoms with van der Waals surface area (Å²) in [5.41, 5.74) is 5.42. The van der Waals surface area contributed by atoms with Gasteiger partial charge in [-0.3, -0.25) is 9.59 Å². The summed E-state index contributed by atoms with van der Waals surface area (Å²) >= 11 is 5.87. The molecule has 2 aromatic rings. The molecule has 0 aliphatic heterocycles. The first kappa shape index (κ1) is 20.4. The molecule has 0 saturated carbocycles. The van der Waals surface area contributed by atoms with E-state index in [-0.39, 0.29) is 23.8 Å². The number of primary amides is 1. The van der Waals surface area contributed by atoms with Crippen LogP contribution in [-0.2, 0) is 4.79 Å². The minimum absolute atomic E-state index is 0.158. The van der Waals surface area contributed by atoms with Gasteiger partial charge in [-0.2, -0.15) is 0 Å². The molecule has 0 unspecified atom stereocenters. The minimum atomic E-state index is -0.661. The van der Waals surface area contributed by atoms with Crippen molar-refractivity contribution >= 4 is 23.4 Å². The number of nitrogens with two attached hydrogens (primary N) is 1. The van der Waals surface area contributed by atoms with Gasteiger partial charge in [0.25, 0.3) is 11.8 Å². The van der Waals surface area contributed by atoms with Gasteiger partial charge < -0.3 is 25.3 Å². The highest BCUT2D eigenvalue weighted by molar-refractivity contribution is 6.30. The van der Waals surface area contributed by atoms with Crippen molar-refractivity contribution in [2.45, 2.75) is 6.92 Å². The zero-order chi connectivity index (χ0) is 19.6. The lowest BCUT2D eigenvalue weighted by molar-refractivity contribution is -0.123. The molecule has 27 heavy (non-hydrogen) atoms. The van der Waals surface area contributed by atoms with Crippen molar-refractivity contribution in [2.24, 2.45) is 5.73 Å². The Morgan fingerprint density at radius 1 is 1.04 bits per heavy atom. The highest BCUT2D eigenvalue weighted by atomic mass is 35.5. The summed E-state index contributed by atoms with van der Waals surface area (Å²) in [6, 6.07) is 11.6. The van der Waals surface area contributed by atoms with Crippen molar-refractivity contribution in [3.05, 3.63) is 53.1 Å². The van der Waals surface area contributed by atoms with Crippen molar-refractivity contribution in [3.8, 4) is 17.2 Å². The van der Waals surface area contributed by atoms with Crippen molar-refractivity contribution in [3.63, 3.8) is 0 Å². The molecular formula is C19H21ClN2O5. The first-order valence-electron chi connectivity index (χ1n) is 8.34. The third-order valence-corrected chi connectivity index (χ3v) is 3.63. The Hall–Kier alpha value is -2.93. The first-order chi connectivity index (χ1) is 13.0. The second-order valence-corrected chi connectivity index (χ2v) is 5.83. The zero-order valence-electron chi connectivity index (χ0n) is 14.9. The van der Waals surface area contributed by atoms with E-state index >= 15 is 0 Å². The Labute approximate surface area is 162 Å². The van der Waals surface area contributed by atoms with E-state index in [4.69, 9.17) is 31.5 Å². The number of carbonyl (C=O) groups is 2. The number of ether oxygens (including phenoxy) is 3. The fourth-order valence-electron chi connectivity index (χ4n) is 2.17. The van der Waals surface area contributed by atoms with Gasteiger partial charge in [0.1, 0.15) is 23.9 Å². The van der Waals surface area contributed by atoms with Crippen LogP contribution in [0.1, 0.15) is 17.3 Å². The van der Waals surface area contributed by atoms with Crippen LogP contribution in [0.25, 0.3) is 0 Å². The largest absolute Gasteiger partial charge is 0.494 e. The molecule has 2 aromatic carbocycles. The SMILES string of the molecule is CCOc1ccc(OCCNC(=O)COc2cc(Cl)ccc2C(N)=O)cc1. The normalized spacial score (nSPS) is 10.1. The van der Waals surface area contributed by atoms with Crippen molar-refractivity contribution in [1.82, 2.24) is 5.32 Å². The van der Waals surface area contributed by atoms with Gasteiger partial charge in [-0.1, -0.05) is 11.6 Å². The lowest BCUT2D eigenvalue weighted by Gasteiger charge is -2.11. The highest BCUT2D eigenvalue weighted by Gasteiger charge is 2.11. The molecule has 0 aliphatic carbocycles. The maximum atomic E-state index is 11.9. The first-order valence-corrected chi connectivity index (χ1v) is 8.72. The number of nitrogens with one attached hydrogen (secondary N) is 1.